The molecule has 18 heavy (non-hydrogen) atoms. The van der Waals surface area contributed by atoms with Gasteiger partial charge in [0.2, 0.25) is 0 Å². The Morgan fingerprint density at radius 1 is 1.33 bits per heavy atom. The van der Waals surface area contributed by atoms with Gasteiger partial charge in [-0.15, -0.1) is 0 Å². The predicted octanol–water partition coefficient (Wildman–Crippen LogP) is 1.89. The van der Waals surface area contributed by atoms with Gasteiger partial charge in [0.15, 0.2) is 0 Å². The topological polar surface area (TPSA) is 43.2 Å². The van der Waals surface area contributed by atoms with E-state index in [-0.39, 0.29) is 0 Å². The molecule has 0 bridgehead atoms. The van der Waals surface area contributed by atoms with Crippen molar-refractivity contribution in [1.29, 1.82) is 5.26 Å². The molecule has 5 heteroatoms. The molecule has 1 aromatic heterocycles. The Balaban J connectivity index is 1.82. The van der Waals surface area contributed by atoms with Gasteiger partial charge in [-0.25, -0.2) is 4.98 Å². The van der Waals surface area contributed by atoms with Gasteiger partial charge >= 0.3 is 0 Å². The lowest BCUT2D eigenvalue weighted by atomic mass is 10.1. The number of hydrogen-bond acceptors (Lipinski definition) is 4. The number of halogens is 1. The molecule has 0 saturated carbocycles. The second-order valence-corrected chi connectivity index (χ2v) is 5.31. The van der Waals surface area contributed by atoms with E-state index in [1.54, 1.807) is 6.07 Å². The number of anilines is 1. The van der Waals surface area contributed by atoms with Crippen LogP contribution in [0.5, 0.6) is 0 Å². The molecule has 3 heterocycles. The highest BCUT2D eigenvalue weighted by atomic mass is 35.5. The van der Waals surface area contributed by atoms with E-state index in [4.69, 9.17) is 16.9 Å². The van der Waals surface area contributed by atoms with Gasteiger partial charge in [-0.1, -0.05) is 11.6 Å². The Kier molecular flexibility index (Phi) is 3.11. The number of nitriles is 1. The zero-order valence-electron chi connectivity index (χ0n) is 10.1. The van der Waals surface area contributed by atoms with Crippen molar-refractivity contribution in [2.75, 3.05) is 31.1 Å². The highest BCUT2D eigenvalue weighted by Crippen LogP contribution is 2.25. The van der Waals surface area contributed by atoms with Gasteiger partial charge < -0.3 is 4.90 Å². The summed E-state index contributed by atoms with van der Waals surface area (Å²) in [6.07, 6.45) is 2.56. The zero-order chi connectivity index (χ0) is 12.5. The molecule has 94 valence electrons. The Labute approximate surface area is 112 Å². The van der Waals surface area contributed by atoms with E-state index in [2.05, 4.69) is 20.9 Å². The summed E-state index contributed by atoms with van der Waals surface area (Å²) >= 11 is 5.96. The number of piperazine rings is 1. The van der Waals surface area contributed by atoms with Crippen molar-refractivity contribution in [2.45, 2.75) is 18.9 Å². The first-order valence-corrected chi connectivity index (χ1v) is 6.71. The molecule has 1 unspecified atom stereocenters. The fraction of sp³-hybridized carbons (Fsp3) is 0.538. The van der Waals surface area contributed by atoms with Gasteiger partial charge in [0.05, 0.1) is 11.6 Å². The summed E-state index contributed by atoms with van der Waals surface area (Å²) in [7, 11) is 0. The van der Waals surface area contributed by atoms with Crippen LogP contribution in [0.25, 0.3) is 0 Å². The molecular weight excluding hydrogens is 248 g/mol. The largest absolute Gasteiger partial charge is 0.354 e. The molecule has 2 fully saturated rings. The average molecular weight is 263 g/mol. The molecule has 4 nitrogen and oxygen atoms in total. The number of fused-ring (bicyclic) bond motifs is 1. The van der Waals surface area contributed by atoms with E-state index >= 15 is 0 Å². The average Bonchev–Trinajstić information content (AvgIpc) is 2.85. The third-order valence-electron chi connectivity index (χ3n) is 3.82. The highest BCUT2D eigenvalue weighted by molar-refractivity contribution is 6.29. The fourth-order valence-electron chi connectivity index (χ4n) is 2.91. The molecule has 1 aromatic rings. The molecule has 0 radical (unpaired) electrons. The molecule has 2 aliphatic rings. The van der Waals surface area contributed by atoms with Crippen LogP contribution in [0.3, 0.4) is 0 Å². The van der Waals surface area contributed by atoms with Crippen molar-refractivity contribution in [3.8, 4) is 6.07 Å². The fourth-order valence-corrected chi connectivity index (χ4v) is 3.11. The normalized spacial score (nSPS) is 23.8. The maximum absolute atomic E-state index is 8.97. The lowest BCUT2D eigenvalue weighted by Gasteiger charge is -2.38. The Morgan fingerprint density at radius 3 is 3.06 bits per heavy atom. The van der Waals surface area contributed by atoms with Gasteiger partial charge in [0.1, 0.15) is 11.0 Å². The van der Waals surface area contributed by atoms with Crippen molar-refractivity contribution < 1.29 is 0 Å². The van der Waals surface area contributed by atoms with Crippen molar-refractivity contribution >= 4 is 17.4 Å². The standard InChI is InChI=1S/C13H15ClN4/c14-12-6-10(8-15)7-13(16-12)18-5-4-17-3-1-2-11(17)9-18/h6-7,11H,1-5,9H2. The van der Waals surface area contributed by atoms with Crippen LogP contribution >= 0.6 is 11.6 Å². The SMILES string of the molecule is N#Cc1cc(Cl)nc(N2CCN3CCCC3C2)c1. The zero-order valence-corrected chi connectivity index (χ0v) is 10.9. The van der Waals surface area contributed by atoms with Gasteiger partial charge in [-0.3, -0.25) is 4.90 Å². The minimum atomic E-state index is 0.401. The third-order valence-corrected chi connectivity index (χ3v) is 4.01. The number of hydrogen-bond donors (Lipinski definition) is 0. The van der Waals surface area contributed by atoms with E-state index in [1.807, 2.05) is 6.07 Å². The van der Waals surface area contributed by atoms with Gasteiger partial charge in [-0.2, -0.15) is 5.26 Å². The summed E-state index contributed by atoms with van der Waals surface area (Å²) in [4.78, 5) is 9.14. The van der Waals surface area contributed by atoms with Gasteiger partial charge in [0, 0.05) is 25.7 Å². The van der Waals surface area contributed by atoms with Crippen molar-refractivity contribution in [3.63, 3.8) is 0 Å². The molecule has 3 rings (SSSR count). The first-order valence-electron chi connectivity index (χ1n) is 6.33. The van der Waals surface area contributed by atoms with Crippen LogP contribution in [-0.4, -0.2) is 42.1 Å². The summed E-state index contributed by atoms with van der Waals surface area (Å²) in [6.45, 7) is 4.28. The number of pyridine rings is 1. The second-order valence-electron chi connectivity index (χ2n) is 4.93. The summed E-state index contributed by atoms with van der Waals surface area (Å²) < 4.78 is 0. The summed E-state index contributed by atoms with van der Waals surface area (Å²) in [5.41, 5.74) is 0.582. The van der Waals surface area contributed by atoms with Crippen molar-refractivity contribution in [1.82, 2.24) is 9.88 Å². The van der Waals surface area contributed by atoms with Crippen LogP contribution in [-0.2, 0) is 0 Å². The Bertz CT molecular complexity index is 496. The number of nitrogens with zero attached hydrogens (tertiary/aromatic N) is 4. The molecular formula is C13H15ClN4. The first kappa shape index (κ1) is 11.8. The minimum absolute atomic E-state index is 0.401. The smallest absolute Gasteiger partial charge is 0.132 e. The summed E-state index contributed by atoms with van der Waals surface area (Å²) in [6, 6.07) is 6.21. The van der Waals surface area contributed by atoms with Crippen molar-refractivity contribution in [3.05, 3.63) is 22.8 Å². The number of aromatic nitrogens is 1. The van der Waals surface area contributed by atoms with E-state index in [0.29, 0.717) is 16.8 Å². The lowest BCUT2D eigenvalue weighted by Crippen LogP contribution is -2.50. The van der Waals surface area contributed by atoms with Crippen LogP contribution in [0.4, 0.5) is 5.82 Å². The molecule has 0 spiro atoms. The quantitative estimate of drug-likeness (QED) is 0.725. The monoisotopic (exact) mass is 262 g/mol. The van der Waals surface area contributed by atoms with Crippen LogP contribution in [0.1, 0.15) is 18.4 Å². The van der Waals surface area contributed by atoms with Crippen LogP contribution in [0.2, 0.25) is 5.15 Å². The Morgan fingerprint density at radius 2 is 2.22 bits per heavy atom. The molecule has 0 aliphatic carbocycles. The molecule has 0 amide bonds. The molecule has 2 saturated heterocycles. The van der Waals surface area contributed by atoms with E-state index < -0.39 is 0 Å². The van der Waals surface area contributed by atoms with E-state index in [9.17, 15) is 0 Å². The van der Waals surface area contributed by atoms with E-state index in [0.717, 1.165) is 25.5 Å². The van der Waals surface area contributed by atoms with Crippen LogP contribution < -0.4 is 4.90 Å². The highest BCUT2D eigenvalue weighted by Gasteiger charge is 2.31. The predicted molar refractivity (Wildman–Crippen MR) is 70.8 cm³/mol. The van der Waals surface area contributed by atoms with E-state index in [1.165, 1.54) is 19.4 Å². The molecule has 1 atom stereocenters. The molecule has 0 N–H and O–H groups in total. The lowest BCUT2D eigenvalue weighted by molar-refractivity contribution is 0.230. The molecule has 2 aliphatic heterocycles. The minimum Gasteiger partial charge on any atom is -0.354 e. The van der Waals surface area contributed by atoms with Crippen molar-refractivity contribution in [2.24, 2.45) is 0 Å². The molecule has 0 aromatic carbocycles. The van der Waals surface area contributed by atoms with Crippen LogP contribution in [0, 0.1) is 11.3 Å². The summed E-state index contributed by atoms with van der Waals surface area (Å²) in [5, 5.41) is 9.37. The second kappa shape index (κ2) is 4.75. The maximum atomic E-state index is 8.97. The van der Waals surface area contributed by atoms with Crippen LogP contribution in [0.15, 0.2) is 12.1 Å². The maximum Gasteiger partial charge on any atom is 0.132 e. The van der Waals surface area contributed by atoms with Gasteiger partial charge in [0.25, 0.3) is 0 Å². The number of rotatable bonds is 1. The summed E-state index contributed by atoms with van der Waals surface area (Å²) in [5.74, 6) is 0.839. The third kappa shape index (κ3) is 2.16. The van der Waals surface area contributed by atoms with Gasteiger partial charge in [-0.05, 0) is 31.5 Å². The first-order chi connectivity index (χ1) is 8.76. The Hall–Kier alpha value is -1.31.